The molecule has 1 unspecified atom stereocenters. The first-order chi connectivity index (χ1) is 14.5. The number of aliphatic hydroxyl groups excluding tert-OH is 2. The molecule has 0 bridgehead atoms. The van der Waals surface area contributed by atoms with Gasteiger partial charge in [-0.05, 0) is 48.2 Å². The van der Waals surface area contributed by atoms with Crippen LogP contribution in [0.15, 0.2) is 54.6 Å². The normalized spacial score (nSPS) is 19.0. The molecular formula is C25H23NO4. The number of rotatable bonds is 4. The van der Waals surface area contributed by atoms with Crippen molar-refractivity contribution < 1.29 is 19.8 Å². The molecule has 1 amide bonds. The highest BCUT2D eigenvalue weighted by Gasteiger charge is 2.38. The van der Waals surface area contributed by atoms with Gasteiger partial charge in [0, 0.05) is 24.2 Å². The number of hydrogen-bond donors (Lipinski definition) is 2. The molecule has 1 saturated heterocycles. The van der Waals surface area contributed by atoms with Gasteiger partial charge in [-0.25, -0.2) is 0 Å². The van der Waals surface area contributed by atoms with E-state index >= 15 is 0 Å². The maximum absolute atomic E-state index is 12.8. The third-order valence-corrected chi connectivity index (χ3v) is 5.58. The molecule has 1 heterocycles. The fourth-order valence-electron chi connectivity index (χ4n) is 3.90. The summed E-state index contributed by atoms with van der Waals surface area (Å²) in [5.41, 5.74) is 3.33. The van der Waals surface area contributed by atoms with E-state index in [9.17, 15) is 19.8 Å². The Morgan fingerprint density at radius 3 is 2.37 bits per heavy atom. The van der Waals surface area contributed by atoms with Crippen LogP contribution in [-0.4, -0.2) is 52.1 Å². The van der Waals surface area contributed by atoms with Gasteiger partial charge < -0.3 is 15.1 Å². The van der Waals surface area contributed by atoms with Gasteiger partial charge in [0.15, 0.2) is 11.9 Å². The molecule has 4 rings (SSSR count). The summed E-state index contributed by atoms with van der Waals surface area (Å²) < 4.78 is 0. The number of nitrogens with zero attached hydrogens (tertiary/aromatic N) is 1. The third kappa shape index (κ3) is 4.06. The fraction of sp³-hybridized carbons (Fsp3) is 0.280. The Morgan fingerprint density at radius 2 is 1.63 bits per heavy atom. The summed E-state index contributed by atoms with van der Waals surface area (Å²) in [5, 5.41) is 20.6. The number of ketones is 1. The highest BCUT2D eigenvalue weighted by molar-refractivity contribution is 5.99. The van der Waals surface area contributed by atoms with Crippen molar-refractivity contribution >= 4 is 17.8 Å². The summed E-state index contributed by atoms with van der Waals surface area (Å²) in [7, 11) is 0. The van der Waals surface area contributed by atoms with E-state index in [1.165, 1.54) is 4.90 Å². The van der Waals surface area contributed by atoms with Crippen molar-refractivity contribution in [2.45, 2.75) is 31.0 Å². The molecule has 1 aliphatic carbocycles. The molecule has 1 aliphatic heterocycles. The highest BCUT2D eigenvalue weighted by atomic mass is 16.3. The van der Waals surface area contributed by atoms with Crippen molar-refractivity contribution in [2.24, 2.45) is 0 Å². The number of likely N-dealkylation sites (tertiary alicyclic amines) is 1. The summed E-state index contributed by atoms with van der Waals surface area (Å²) in [6.07, 6.45) is 1.76. The Balaban J connectivity index is 1.47. The summed E-state index contributed by atoms with van der Waals surface area (Å²) in [4.78, 5) is 26.6. The second-order valence-corrected chi connectivity index (χ2v) is 7.62. The van der Waals surface area contributed by atoms with Crippen molar-refractivity contribution in [3.05, 3.63) is 76.9 Å². The molecule has 0 spiro atoms. The van der Waals surface area contributed by atoms with Crippen LogP contribution in [0.2, 0.25) is 0 Å². The molecule has 1 fully saturated rings. The van der Waals surface area contributed by atoms with E-state index in [1.54, 1.807) is 6.08 Å². The standard InChI is InChI=1S/C25H23NO4/c27-22(23(28)24(29)25(30)26-14-4-5-15-26)21-13-11-19-16-18(10-12-20(19)21)9-8-17-6-2-1-3-7-17/h1-3,6-7,10-13,16,21,23-24,28-29H,4-5,14-15H2/t21?,23-,24+/m0/s1. The number of carbonyl (C=O) groups excluding carboxylic acids is 2. The van der Waals surface area contributed by atoms with Gasteiger partial charge in [0.25, 0.3) is 5.91 Å². The molecule has 2 aromatic rings. The minimum atomic E-state index is -1.75. The van der Waals surface area contributed by atoms with Crippen LogP contribution in [0.1, 0.15) is 41.0 Å². The number of aliphatic hydroxyl groups is 2. The number of Topliss-reactive ketones (excluding diaryl/α,β-unsaturated/α-hetero) is 1. The van der Waals surface area contributed by atoms with Crippen LogP contribution in [0.5, 0.6) is 0 Å². The Bertz CT molecular complexity index is 1040. The molecule has 0 aromatic heterocycles. The highest BCUT2D eigenvalue weighted by Crippen LogP contribution is 2.32. The Hall–Kier alpha value is -3.20. The molecule has 0 saturated carbocycles. The molecule has 5 nitrogen and oxygen atoms in total. The van der Waals surface area contributed by atoms with Crippen LogP contribution in [-0.2, 0) is 9.59 Å². The van der Waals surface area contributed by atoms with Gasteiger partial charge in [-0.15, -0.1) is 0 Å². The largest absolute Gasteiger partial charge is 0.382 e. The van der Waals surface area contributed by atoms with Gasteiger partial charge in [-0.3, -0.25) is 9.59 Å². The summed E-state index contributed by atoms with van der Waals surface area (Å²) in [6.45, 7) is 1.10. The number of carbonyl (C=O) groups is 2. The van der Waals surface area contributed by atoms with E-state index in [0.717, 1.165) is 35.1 Å². The van der Waals surface area contributed by atoms with E-state index in [4.69, 9.17) is 0 Å². The minimum absolute atomic E-state index is 0.551. The van der Waals surface area contributed by atoms with E-state index in [2.05, 4.69) is 11.8 Å². The Labute approximate surface area is 175 Å². The van der Waals surface area contributed by atoms with Crippen molar-refractivity contribution in [1.82, 2.24) is 4.90 Å². The predicted molar refractivity (Wildman–Crippen MR) is 113 cm³/mol. The molecule has 152 valence electrons. The van der Waals surface area contributed by atoms with Crippen molar-refractivity contribution in [3.63, 3.8) is 0 Å². The SMILES string of the molecule is O=C(C1C=Cc2cc(C#Cc3ccccc3)ccc21)[C@H](O)[C@@H](O)C(=O)N1CCCC1. The first kappa shape index (κ1) is 20.1. The zero-order valence-electron chi connectivity index (χ0n) is 16.5. The lowest BCUT2D eigenvalue weighted by Crippen LogP contribution is -2.47. The molecule has 2 N–H and O–H groups in total. The molecule has 2 aliphatic rings. The number of benzene rings is 2. The smallest absolute Gasteiger partial charge is 0.254 e. The summed E-state index contributed by atoms with van der Waals surface area (Å²) >= 11 is 0. The molecule has 30 heavy (non-hydrogen) atoms. The van der Waals surface area contributed by atoms with E-state index in [0.29, 0.717) is 13.1 Å². The van der Waals surface area contributed by atoms with Gasteiger partial charge in [-0.2, -0.15) is 0 Å². The predicted octanol–water partition coefficient (Wildman–Crippen LogP) is 2.11. The van der Waals surface area contributed by atoms with Crippen molar-refractivity contribution in [3.8, 4) is 11.8 Å². The van der Waals surface area contributed by atoms with Crippen molar-refractivity contribution in [1.29, 1.82) is 0 Å². The lowest BCUT2D eigenvalue weighted by atomic mass is 9.90. The zero-order chi connectivity index (χ0) is 21.1. The number of hydrogen-bond acceptors (Lipinski definition) is 4. The zero-order valence-corrected chi connectivity index (χ0v) is 16.5. The Kier molecular flexibility index (Phi) is 5.80. The van der Waals surface area contributed by atoms with E-state index in [-0.39, 0.29) is 0 Å². The lowest BCUT2D eigenvalue weighted by Gasteiger charge is -2.24. The van der Waals surface area contributed by atoms with Gasteiger partial charge in [-0.1, -0.05) is 48.3 Å². The van der Waals surface area contributed by atoms with Crippen LogP contribution in [0, 0.1) is 11.8 Å². The van der Waals surface area contributed by atoms with Crippen LogP contribution < -0.4 is 0 Å². The number of amides is 1. The van der Waals surface area contributed by atoms with E-state index < -0.39 is 29.8 Å². The summed E-state index contributed by atoms with van der Waals surface area (Å²) in [6, 6.07) is 15.2. The summed E-state index contributed by atoms with van der Waals surface area (Å²) in [5.74, 6) is 4.37. The lowest BCUT2D eigenvalue weighted by molar-refractivity contribution is -0.151. The first-order valence-corrected chi connectivity index (χ1v) is 10.1. The molecular weight excluding hydrogens is 378 g/mol. The Morgan fingerprint density at radius 1 is 0.933 bits per heavy atom. The van der Waals surface area contributed by atoms with Crippen LogP contribution in [0.25, 0.3) is 6.08 Å². The van der Waals surface area contributed by atoms with Crippen molar-refractivity contribution in [2.75, 3.05) is 13.1 Å². The average Bonchev–Trinajstić information content (AvgIpc) is 3.46. The topological polar surface area (TPSA) is 77.8 Å². The molecule has 3 atom stereocenters. The quantitative estimate of drug-likeness (QED) is 0.770. The van der Waals surface area contributed by atoms with E-state index in [1.807, 2.05) is 54.6 Å². The maximum atomic E-state index is 12.8. The van der Waals surface area contributed by atoms with Gasteiger partial charge >= 0.3 is 0 Å². The number of allylic oxidation sites excluding steroid dienone is 1. The molecule has 2 aromatic carbocycles. The average molecular weight is 401 g/mol. The van der Waals surface area contributed by atoms with Crippen LogP contribution >= 0.6 is 0 Å². The van der Waals surface area contributed by atoms with Crippen LogP contribution in [0.3, 0.4) is 0 Å². The minimum Gasteiger partial charge on any atom is -0.382 e. The van der Waals surface area contributed by atoms with Crippen LogP contribution in [0.4, 0.5) is 0 Å². The monoisotopic (exact) mass is 401 g/mol. The fourth-order valence-corrected chi connectivity index (χ4v) is 3.90. The molecule has 0 radical (unpaired) electrons. The third-order valence-electron chi connectivity index (χ3n) is 5.58. The molecule has 5 heteroatoms. The maximum Gasteiger partial charge on any atom is 0.254 e. The van der Waals surface area contributed by atoms with Gasteiger partial charge in [0.1, 0.15) is 6.10 Å². The van der Waals surface area contributed by atoms with Gasteiger partial charge in [0.05, 0.1) is 5.92 Å². The second kappa shape index (κ2) is 8.66. The number of fused-ring (bicyclic) bond motifs is 1. The first-order valence-electron chi connectivity index (χ1n) is 10.1. The second-order valence-electron chi connectivity index (χ2n) is 7.62. The van der Waals surface area contributed by atoms with Gasteiger partial charge in [0.2, 0.25) is 0 Å².